The molecule has 0 spiro atoms. The van der Waals surface area contributed by atoms with Crippen LogP contribution in [0.15, 0.2) is 5.51 Å². The van der Waals surface area contributed by atoms with E-state index in [1.165, 1.54) is 0 Å². The maximum atomic E-state index is 12.5. The number of aryl methyl sites for hydroxylation is 1. The monoisotopic (exact) mass is 279 g/mol. The molecule has 3 rings (SSSR count). The van der Waals surface area contributed by atoms with Crippen LogP contribution in [0.5, 0.6) is 0 Å². The number of hydrogen-bond donors (Lipinski definition) is 1. The third-order valence-corrected chi connectivity index (χ3v) is 4.70. The Labute approximate surface area is 116 Å². The first-order valence-corrected chi connectivity index (χ1v) is 7.50. The summed E-state index contributed by atoms with van der Waals surface area (Å²) >= 11 is 1.57. The van der Waals surface area contributed by atoms with Crippen molar-refractivity contribution < 1.29 is 9.59 Å². The number of nitrogens with zero attached hydrogens (tertiary/aromatic N) is 2. The molecule has 2 heterocycles. The summed E-state index contributed by atoms with van der Waals surface area (Å²) in [4.78, 5) is 31.3. The molecule has 1 saturated carbocycles. The van der Waals surface area contributed by atoms with E-state index in [1.807, 2.05) is 6.92 Å². The lowest BCUT2D eigenvalue weighted by Crippen LogP contribution is -2.45. The summed E-state index contributed by atoms with van der Waals surface area (Å²) in [5, 5.41) is 2.87. The Balaban J connectivity index is 1.77. The summed E-state index contributed by atoms with van der Waals surface area (Å²) in [6.07, 6.45) is 2.49. The van der Waals surface area contributed by atoms with Crippen LogP contribution in [-0.4, -0.2) is 34.3 Å². The average molecular weight is 279 g/mol. The van der Waals surface area contributed by atoms with Gasteiger partial charge in [0.05, 0.1) is 17.7 Å². The summed E-state index contributed by atoms with van der Waals surface area (Å²) in [5.41, 5.74) is 2.78. The lowest BCUT2D eigenvalue weighted by atomic mass is 10.1. The number of rotatable bonds is 3. The Morgan fingerprint density at radius 3 is 2.89 bits per heavy atom. The molecule has 19 heavy (non-hydrogen) atoms. The molecule has 6 heteroatoms. The first-order chi connectivity index (χ1) is 9.15. The molecule has 2 fully saturated rings. The van der Waals surface area contributed by atoms with Crippen LogP contribution in [-0.2, 0) is 16.1 Å². The molecular formula is C13H17N3O2S. The van der Waals surface area contributed by atoms with E-state index >= 15 is 0 Å². The molecule has 2 amide bonds. The fraction of sp³-hybridized carbons (Fsp3) is 0.615. The van der Waals surface area contributed by atoms with Gasteiger partial charge in [-0.25, -0.2) is 4.98 Å². The predicted octanol–water partition coefficient (Wildman–Crippen LogP) is 1.08. The van der Waals surface area contributed by atoms with Gasteiger partial charge in [-0.3, -0.25) is 9.59 Å². The second-order valence-corrected chi connectivity index (χ2v) is 6.19. The van der Waals surface area contributed by atoms with Gasteiger partial charge in [-0.05, 0) is 25.7 Å². The van der Waals surface area contributed by atoms with Crippen LogP contribution < -0.4 is 5.32 Å². The molecule has 0 radical (unpaired) electrons. The molecule has 2 aliphatic rings. The van der Waals surface area contributed by atoms with Crippen molar-refractivity contribution in [2.24, 2.45) is 5.92 Å². The Morgan fingerprint density at radius 1 is 1.47 bits per heavy atom. The van der Waals surface area contributed by atoms with Crippen molar-refractivity contribution in [1.82, 2.24) is 15.2 Å². The van der Waals surface area contributed by atoms with E-state index < -0.39 is 0 Å². The van der Waals surface area contributed by atoms with Crippen molar-refractivity contribution in [1.29, 1.82) is 0 Å². The van der Waals surface area contributed by atoms with Gasteiger partial charge in [0.15, 0.2) is 0 Å². The van der Waals surface area contributed by atoms with Gasteiger partial charge in [-0.2, -0.15) is 0 Å². The number of thiazole rings is 1. The zero-order valence-corrected chi connectivity index (χ0v) is 11.7. The molecule has 1 aromatic rings. The average Bonchev–Trinajstić information content (AvgIpc) is 3.15. The van der Waals surface area contributed by atoms with Gasteiger partial charge < -0.3 is 10.2 Å². The van der Waals surface area contributed by atoms with Crippen molar-refractivity contribution in [3.63, 3.8) is 0 Å². The van der Waals surface area contributed by atoms with Crippen LogP contribution >= 0.6 is 11.3 Å². The summed E-state index contributed by atoms with van der Waals surface area (Å²) in [6.45, 7) is 3.04. The van der Waals surface area contributed by atoms with Gasteiger partial charge in [0.1, 0.15) is 6.04 Å². The molecule has 1 N–H and O–H groups in total. The lowest BCUT2D eigenvalue weighted by molar-refractivity contribution is -0.134. The minimum Gasteiger partial charge on any atom is -0.344 e. The molecule has 1 aliphatic carbocycles. The van der Waals surface area contributed by atoms with Crippen molar-refractivity contribution in [2.45, 2.75) is 38.8 Å². The normalized spacial score (nSPS) is 24.3. The summed E-state index contributed by atoms with van der Waals surface area (Å²) in [5.74, 6) is 0.412. The molecule has 102 valence electrons. The molecule has 1 unspecified atom stereocenters. The summed E-state index contributed by atoms with van der Waals surface area (Å²) < 4.78 is 0. The quantitative estimate of drug-likeness (QED) is 0.900. The third-order valence-electron chi connectivity index (χ3n) is 3.78. The maximum absolute atomic E-state index is 12.5. The molecule has 1 atom stereocenters. The van der Waals surface area contributed by atoms with E-state index in [9.17, 15) is 9.59 Å². The SMILES string of the molecule is Cc1ncsc1CN1CCC(=O)NC(C2CC2)C1=O. The van der Waals surface area contributed by atoms with Crippen molar-refractivity contribution in [2.75, 3.05) is 6.54 Å². The number of aromatic nitrogens is 1. The zero-order chi connectivity index (χ0) is 13.4. The number of hydrogen-bond acceptors (Lipinski definition) is 4. The van der Waals surface area contributed by atoms with E-state index in [0.717, 1.165) is 23.4 Å². The van der Waals surface area contributed by atoms with E-state index in [4.69, 9.17) is 0 Å². The maximum Gasteiger partial charge on any atom is 0.245 e. The van der Waals surface area contributed by atoms with Gasteiger partial charge in [0, 0.05) is 17.8 Å². The highest BCUT2D eigenvalue weighted by Gasteiger charge is 2.40. The second-order valence-electron chi connectivity index (χ2n) is 5.25. The highest BCUT2D eigenvalue weighted by molar-refractivity contribution is 7.09. The number of nitrogens with one attached hydrogen (secondary N) is 1. The van der Waals surface area contributed by atoms with E-state index in [0.29, 0.717) is 25.4 Å². The lowest BCUT2D eigenvalue weighted by Gasteiger charge is -2.23. The Bertz CT molecular complexity index is 510. The minimum absolute atomic E-state index is 0.00576. The number of carbonyl (C=O) groups excluding carboxylic acids is 2. The van der Waals surface area contributed by atoms with Gasteiger partial charge in [0.25, 0.3) is 0 Å². The highest BCUT2D eigenvalue weighted by atomic mass is 32.1. The van der Waals surface area contributed by atoms with Crippen LogP contribution in [0.1, 0.15) is 29.8 Å². The van der Waals surface area contributed by atoms with Crippen molar-refractivity contribution in [3.05, 3.63) is 16.1 Å². The Morgan fingerprint density at radius 2 is 2.26 bits per heavy atom. The molecule has 1 saturated heterocycles. The summed E-state index contributed by atoms with van der Waals surface area (Å²) in [6, 6.07) is -0.303. The highest BCUT2D eigenvalue weighted by Crippen LogP contribution is 2.34. The smallest absolute Gasteiger partial charge is 0.245 e. The van der Waals surface area contributed by atoms with Crippen LogP contribution in [0.25, 0.3) is 0 Å². The molecular weight excluding hydrogens is 262 g/mol. The largest absolute Gasteiger partial charge is 0.344 e. The van der Waals surface area contributed by atoms with E-state index in [-0.39, 0.29) is 17.9 Å². The van der Waals surface area contributed by atoms with Crippen LogP contribution in [0.3, 0.4) is 0 Å². The van der Waals surface area contributed by atoms with Crippen LogP contribution in [0.4, 0.5) is 0 Å². The second kappa shape index (κ2) is 4.92. The minimum atomic E-state index is -0.303. The topological polar surface area (TPSA) is 62.3 Å². The first-order valence-electron chi connectivity index (χ1n) is 6.62. The van der Waals surface area contributed by atoms with Gasteiger partial charge in [-0.15, -0.1) is 11.3 Å². The van der Waals surface area contributed by atoms with E-state index in [2.05, 4.69) is 10.3 Å². The van der Waals surface area contributed by atoms with Crippen molar-refractivity contribution in [3.8, 4) is 0 Å². The fourth-order valence-electron chi connectivity index (χ4n) is 2.41. The van der Waals surface area contributed by atoms with Crippen LogP contribution in [0.2, 0.25) is 0 Å². The van der Waals surface area contributed by atoms with Gasteiger partial charge in [0.2, 0.25) is 11.8 Å². The number of amides is 2. The third kappa shape index (κ3) is 2.63. The molecule has 5 nitrogen and oxygen atoms in total. The molecule has 1 aromatic heterocycles. The first kappa shape index (κ1) is 12.6. The van der Waals surface area contributed by atoms with Gasteiger partial charge >= 0.3 is 0 Å². The van der Waals surface area contributed by atoms with E-state index in [1.54, 1.807) is 21.7 Å². The molecule has 1 aliphatic heterocycles. The molecule has 0 bridgehead atoms. The standard InChI is InChI=1S/C13H17N3O2S/c1-8-10(19-7-14-8)6-16-5-4-11(17)15-12(13(16)18)9-2-3-9/h7,9,12H,2-6H2,1H3,(H,15,17). The Hall–Kier alpha value is -1.43. The summed E-state index contributed by atoms with van der Waals surface area (Å²) in [7, 11) is 0. The van der Waals surface area contributed by atoms with Gasteiger partial charge in [-0.1, -0.05) is 0 Å². The van der Waals surface area contributed by atoms with Crippen molar-refractivity contribution >= 4 is 23.2 Å². The fourth-order valence-corrected chi connectivity index (χ4v) is 3.20. The molecule has 0 aromatic carbocycles. The zero-order valence-electron chi connectivity index (χ0n) is 10.9. The predicted molar refractivity (Wildman–Crippen MR) is 71.5 cm³/mol. The number of carbonyl (C=O) groups is 2. The Kier molecular flexibility index (Phi) is 3.26. The van der Waals surface area contributed by atoms with Crippen LogP contribution in [0, 0.1) is 12.8 Å².